The Bertz CT molecular complexity index is 315. The summed E-state index contributed by atoms with van der Waals surface area (Å²) in [6, 6.07) is 5.76. The number of ether oxygens (including phenoxy) is 2. The second-order valence-corrected chi connectivity index (χ2v) is 4.14. The van der Waals surface area contributed by atoms with E-state index in [2.05, 4.69) is 15.9 Å². The summed E-state index contributed by atoms with van der Waals surface area (Å²) in [5.74, 6) is 0.771. The van der Waals surface area contributed by atoms with Crippen LogP contribution < -0.4 is 10.5 Å². The minimum atomic E-state index is -0.0465. The minimum absolute atomic E-state index is 0.0465. The van der Waals surface area contributed by atoms with Crippen LogP contribution in [0.1, 0.15) is 25.5 Å². The minimum Gasteiger partial charge on any atom is -0.467 e. The first kappa shape index (κ1) is 12.5. The van der Waals surface area contributed by atoms with Crippen LogP contribution in [0.4, 0.5) is 0 Å². The van der Waals surface area contributed by atoms with E-state index >= 15 is 0 Å². The lowest BCUT2D eigenvalue weighted by atomic mass is 10.1. The van der Waals surface area contributed by atoms with Crippen molar-refractivity contribution >= 4 is 15.9 Å². The Labute approximate surface area is 98.7 Å². The van der Waals surface area contributed by atoms with Crippen molar-refractivity contribution in [2.75, 3.05) is 13.4 Å². The van der Waals surface area contributed by atoms with Gasteiger partial charge in [0.25, 0.3) is 0 Å². The van der Waals surface area contributed by atoms with Crippen LogP contribution >= 0.6 is 15.9 Å². The monoisotopic (exact) mass is 273 g/mol. The molecule has 1 aromatic rings. The van der Waals surface area contributed by atoms with Gasteiger partial charge >= 0.3 is 0 Å². The topological polar surface area (TPSA) is 44.5 Å². The molecule has 2 N–H and O–H groups in total. The molecule has 0 heterocycles. The molecule has 0 aliphatic rings. The van der Waals surface area contributed by atoms with Gasteiger partial charge in [-0.15, -0.1) is 0 Å². The lowest BCUT2D eigenvalue weighted by Gasteiger charge is -2.14. The molecule has 15 heavy (non-hydrogen) atoms. The Morgan fingerprint density at radius 1 is 1.47 bits per heavy atom. The van der Waals surface area contributed by atoms with Gasteiger partial charge in [-0.3, -0.25) is 0 Å². The first-order chi connectivity index (χ1) is 7.15. The largest absolute Gasteiger partial charge is 0.467 e. The van der Waals surface area contributed by atoms with Crippen LogP contribution in [0.5, 0.6) is 5.75 Å². The molecular weight excluding hydrogens is 258 g/mol. The van der Waals surface area contributed by atoms with Crippen LogP contribution in [0.3, 0.4) is 0 Å². The SMILES string of the molecule is CCOCOc1cc(Br)ccc1[C@@H](C)N. The molecule has 1 rings (SSSR count). The van der Waals surface area contributed by atoms with Crippen LogP contribution in [-0.4, -0.2) is 13.4 Å². The smallest absolute Gasteiger partial charge is 0.189 e. The van der Waals surface area contributed by atoms with Crippen LogP contribution in [-0.2, 0) is 4.74 Å². The van der Waals surface area contributed by atoms with Gasteiger partial charge in [-0.2, -0.15) is 0 Å². The van der Waals surface area contributed by atoms with Gasteiger partial charge in [0, 0.05) is 22.7 Å². The molecule has 3 nitrogen and oxygen atoms in total. The Balaban J connectivity index is 2.77. The Hall–Kier alpha value is -0.580. The molecule has 0 aliphatic carbocycles. The summed E-state index contributed by atoms with van der Waals surface area (Å²) in [5, 5.41) is 0. The predicted molar refractivity (Wildman–Crippen MR) is 63.9 cm³/mol. The molecule has 1 aromatic carbocycles. The Morgan fingerprint density at radius 3 is 2.80 bits per heavy atom. The van der Waals surface area contributed by atoms with Gasteiger partial charge in [-0.25, -0.2) is 0 Å². The zero-order chi connectivity index (χ0) is 11.3. The molecule has 0 spiro atoms. The molecule has 0 aromatic heterocycles. The second kappa shape index (κ2) is 6.10. The summed E-state index contributed by atoms with van der Waals surface area (Å²) >= 11 is 3.39. The molecule has 1 atom stereocenters. The van der Waals surface area contributed by atoms with Crippen LogP contribution in [0.15, 0.2) is 22.7 Å². The summed E-state index contributed by atoms with van der Waals surface area (Å²) in [5.41, 5.74) is 6.82. The quantitative estimate of drug-likeness (QED) is 0.663. The standard InChI is InChI=1S/C11H16BrNO2/c1-3-14-7-15-11-6-9(12)4-5-10(11)8(2)13/h4-6,8H,3,7,13H2,1-2H3/t8-/m1/s1. The molecule has 0 saturated heterocycles. The normalized spacial score (nSPS) is 12.5. The van der Waals surface area contributed by atoms with Crippen LogP contribution in [0.25, 0.3) is 0 Å². The average Bonchev–Trinajstić information content (AvgIpc) is 2.18. The van der Waals surface area contributed by atoms with Gasteiger partial charge in [-0.05, 0) is 26.0 Å². The fourth-order valence-electron chi connectivity index (χ4n) is 1.20. The highest BCUT2D eigenvalue weighted by molar-refractivity contribution is 9.10. The number of nitrogens with two attached hydrogens (primary N) is 1. The third-order valence-electron chi connectivity index (χ3n) is 1.97. The van der Waals surface area contributed by atoms with Crippen molar-refractivity contribution in [2.24, 2.45) is 5.73 Å². The highest BCUT2D eigenvalue weighted by Crippen LogP contribution is 2.27. The molecule has 0 unspecified atom stereocenters. The van der Waals surface area contributed by atoms with Gasteiger partial charge in [0.05, 0.1) is 0 Å². The molecule has 0 fully saturated rings. The molecular formula is C11H16BrNO2. The predicted octanol–water partition coefficient (Wildman–Crippen LogP) is 2.84. The molecule has 0 saturated carbocycles. The Morgan fingerprint density at radius 2 is 2.20 bits per heavy atom. The van der Waals surface area contributed by atoms with Gasteiger partial charge in [0.15, 0.2) is 6.79 Å². The summed E-state index contributed by atoms with van der Waals surface area (Å²) in [4.78, 5) is 0. The zero-order valence-electron chi connectivity index (χ0n) is 9.00. The van der Waals surface area contributed by atoms with E-state index in [0.717, 1.165) is 15.8 Å². The van der Waals surface area contributed by atoms with Crippen molar-refractivity contribution in [3.63, 3.8) is 0 Å². The van der Waals surface area contributed by atoms with E-state index in [-0.39, 0.29) is 12.8 Å². The fraction of sp³-hybridized carbons (Fsp3) is 0.455. The summed E-state index contributed by atoms with van der Waals surface area (Å²) in [7, 11) is 0. The molecule has 0 amide bonds. The number of hydrogen-bond donors (Lipinski definition) is 1. The lowest BCUT2D eigenvalue weighted by Crippen LogP contribution is -2.09. The summed E-state index contributed by atoms with van der Waals surface area (Å²) in [6.07, 6.45) is 0. The average molecular weight is 274 g/mol. The maximum Gasteiger partial charge on any atom is 0.189 e. The number of benzene rings is 1. The van der Waals surface area contributed by atoms with E-state index in [1.165, 1.54) is 0 Å². The van der Waals surface area contributed by atoms with Crippen molar-refractivity contribution in [3.8, 4) is 5.75 Å². The highest BCUT2D eigenvalue weighted by atomic mass is 79.9. The van der Waals surface area contributed by atoms with Gasteiger partial charge < -0.3 is 15.2 Å². The summed E-state index contributed by atoms with van der Waals surface area (Å²) < 4.78 is 11.6. The fourth-order valence-corrected chi connectivity index (χ4v) is 1.54. The Kier molecular flexibility index (Phi) is 5.08. The van der Waals surface area contributed by atoms with E-state index in [1.807, 2.05) is 32.0 Å². The maximum absolute atomic E-state index is 5.83. The third-order valence-corrected chi connectivity index (χ3v) is 2.46. The van der Waals surface area contributed by atoms with Crippen molar-refractivity contribution in [2.45, 2.75) is 19.9 Å². The molecule has 84 valence electrons. The lowest BCUT2D eigenvalue weighted by molar-refractivity contribution is 0.0216. The number of rotatable bonds is 5. The highest BCUT2D eigenvalue weighted by Gasteiger charge is 2.08. The van der Waals surface area contributed by atoms with E-state index in [4.69, 9.17) is 15.2 Å². The van der Waals surface area contributed by atoms with E-state index < -0.39 is 0 Å². The van der Waals surface area contributed by atoms with E-state index in [0.29, 0.717) is 6.61 Å². The molecule has 0 aliphatic heterocycles. The van der Waals surface area contributed by atoms with Gasteiger partial charge in [-0.1, -0.05) is 22.0 Å². The van der Waals surface area contributed by atoms with E-state index in [1.54, 1.807) is 0 Å². The van der Waals surface area contributed by atoms with Crippen molar-refractivity contribution in [1.29, 1.82) is 0 Å². The number of halogens is 1. The molecule has 0 bridgehead atoms. The van der Waals surface area contributed by atoms with Gasteiger partial charge in [0.1, 0.15) is 5.75 Å². The van der Waals surface area contributed by atoms with E-state index in [9.17, 15) is 0 Å². The van der Waals surface area contributed by atoms with Gasteiger partial charge in [0.2, 0.25) is 0 Å². The number of hydrogen-bond acceptors (Lipinski definition) is 3. The zero-order valence-corrected chi connectivity index (χ0v) is 10.6. The van der Waals surface area contributed by atoms with Crippen molar-refractivity contribution in [3.05, 3.63) is 28.2 Å². The first-order valence-electron chi connectivity index (χ1n) is 4.90. The molecule has 4 heteroatoms. The van der Waals surface area contributed by atoms with Crippen LogP contribution in [0.2, 0.25) is 0 Å². The second-order valence-electron chi connectivity index (χ2n) is 3.23. The van der Waals surface area contributed by atoms with Crippen molar-refractivity contribution < 1.29 is 9.47 Å². The van der Waals surface area contributed by atoms with Crippen molar-refractivity contribution in [1.82, 2.24) is 0 Å². The van der Waals surface area contributed by atoms with Crippen LogP contribution in [0, 0.1) is 0 Å². The summed E-state index contributed by atoms with van der Waals surface area (Å²) in [6.45, 7) is 4.75. The third kappa shape index (κ3) is 3.81. The molecule has 0 radical (unpaired) electrons. The maximum atomic E-state index is 5.83. The first-order valence-corrected chi connectivity index (χ1v) is 5.70.